The number of nitrogens with one attached hydrogen (secondary N) is 1. The van der Waals surface area contributed by atoms with E-state index in [1.807, 2.05) is 12.1 Å². The zero-order valence-corrected chi connectivity index (χ0v) is 14.8. The maximum absolute atomic E-state index is 13.0. The number of ether oxygens (including phenoxy) is 1. The fourth-order valence-corrected chi connectivity index (χ4v) is 4.20. The molecule has 2 aromatic rings. The zero-order valence-electron chi connectivity index (χ0n) is 13.3. The summed E-state index contributed by atoms with van der Waals surface area (Å²) < 4.78 is 6.02. The molecule has 1 aromatic heterocycles. The number of amides is 1. The average Bonchev–Trinajstić information content (AvgIpc) is 3.19. The highest BCUT2D eigenvalue weighted by atomic mass is 35.5. The van der Waals surface area contributed by atoms with Gasteiger partial charge < -0.3 is 15.8 Å². The summed E-state index contributed by atoms with van der Waals surface area (Å²) in [5.74, 6) is 0.0803. The molecule has 2 aliphatic heterocycles. The largest absolute Gasteiger partial charge is 0.384 e. The van der Waals surface area contributed by atoms with E-state index in [1.54, 1.807) is 24.4 Å². The third kappa shape index (κ3) is 3.08. The minimum Gasteiger partial charge on any atom is -0.384 e. The van der Waals surface area contributed by atoms with Crippen LogP contribution in [0.3, 0.4) is 0 Å². The lowest BCUT2D eigenvalue weighted by atomic mass is 9.75. The SMILES string of the molecule is Nc1cc(C2C3CCC(O3)C2C(=O)Nc2ccc(Cl)c(Cl)c2)ccn1. The number of pyridine rings is 1. The lowest BCUT2D eigenvalue weighted by molar-refractivity contribution is -0.121. The second kappa shape index (κ2) is 6.48. The molecule has 0 saturated carbocycles. The maximum atomic E-state index is 13.0. The lowest BCUT2D eigenvalue weighted by Crippen LogP contribution is -2.36. The standard InChI is InChI=1S/C18H17Cl2N3O2/c19-11-2-1-10(8-12(11)20)23-18(24)17-14-4-3-13(25-14)16(17)9-5-6-22-15(21)7-9/h1-2,5-8,13-14,16-17H,3-4H2,(H2,21,22)(H,23,24). The first-order chi connectivity index (χ1) is 12.0. The number of halogens is 2. The molecule has 25 heavy (non-hydrogen) atoms. The van der Waals surface area contributed by atoms with Gasteiger partial charge in [-0.2, -0.15) is 0 Å². The van der Waals surface area contributed by atoms with Crippen LogP contribution < -0.4 is 11.1 Å². The zero-order chi connectivity index (χ0) is 17.6. The molecule has 0 spiro atoms. The summed E-state index contributed by atoms with van der Waals surface area (Å²) in [6.45, 7) is 0. The van der Waals surface area contributed by atoms with E-state index < -0.39 is 0 Å². The van der Waals surface area contributed by atoms with Crippen LogP contribution in [0, 0.1) is 5.92 Å². The fourth-order valence-electron chi connectivity index (χ4n) is 3.91. The molecule has 1 aromatic carbocycles. The first-order valence-electron chi connectivity index (χ1n) is 8.16. The number of hydrogen-bond acceptors (Lipinski definition) is 4. The van der Waals surface area contributed by atoms with Gasteiger partial charge in [-0.05, 0) is 48.7 Å². The van der Waals surface area contributed by atoms with Crippen molar-refractivity contribution in [3.63, 3.8) is 0 Å². The Labute approximate surface area is 155 Å². The number of anilines is 2. The van der Waals surface area contributed by atoms with E-state index in [4.69, 9.17) is 33.7 Å². The number of aromatic nitrogens is 1. The Kier molecular flexibility index (Phi) is 4.31. The molecule has 4 unspecified atom stereocenters. The third-order valence-electron chi connectivity index (χ3n) is 4.95. The molecule has 0 aliphatic carbocycles. The Morgan fingerprint density at radius 2 is 1.96 bits per heavy atom. The van der Waals surface area contributed by atoms with Crippen LogP contribution in [0.25, 0.3) is 0 Å². The molecule has 130 valence electrons. The Balaban J connectivity index is 1.60. The topological polar surface area (TPSA) is 77.2 Å². The van der Waals surface area contributed by atoms with Crippen molar-refractivity contribution in [2.24, 2.45) is 5.92 Å². The summed E-state index contributed by atoms with van der Waals surface area (Å²) in [5.41, 5.74) is 7.44. The van der Waals surface area contributed by atoms with Gasteiger partial charge in [0.05, 0.1) is 28.2 Å². The van der Waals surface area contributed by atoms with Gasteiger partial charge in [0.1, 0.15) is 5.82 Å². The molecule has 5 nitrogen and oxygen atoms in total. The molecule has 7 heteroatoms. The summed E-state index contributed by atoms with van der Waals surface area (Å²) >= 11 is 12.0. The molecule has 2 saturated heterocycles. The number of nitrogens with two attached hydrogens (primary N) is 1. The number of carbonyl (C=O) groups is 1. The van der Waals surface area contributed by atoms with Crippen molar-refractivity contribution < 1.29 is 9.53 Å². The normalized spacial score (nSPS) is 27.4. The van der Waals surface area contributed by atoms with Gasteiger partial charge in [0, 0.05) is 17.8 Å². The van der Waals surface area contributed by atoms with Crippen molar-refractivity contribution in [2.75, 3.05) is 11.1 Å². The van der Waals surface area contributed by atoms with Crippen molar-refractivity contribution in [3.05, 3.63) is 52.1 Å². The van der Waals surface area contributed by atoms with Crippen LogP contribution >= 0.6 is 23.2 Å². The highest BCUT2D eigenvalue weighted by molar-refractivity contribution is 6.42. The lowest BCUT2D eigenvalue weighted by Gasteiger charge is -2.27. The van der Waals surface area contributed by atoms with Gasteiger partial charge >= 0.3 is 0 Å². The number of nitrogen functional groups attached to an aromatic ring is 1. The second-order valence-corrected chi connectivity index (χ2v) is 7.29. The monoisotopic (exact) mass is 377 g/mol. The minimum absolute atomic E-state index is 0.0215. The maximum Gasteiger partial charge on any atom is 0.230 e. The first-order valence-corrected chi connectivity index (χ1v) is 8.91. The van der Waals surface area contributed by atoms with E-state index in [1.165, 1.54) is 0 Å². The number of fused-ring (bicyclic) bond motifs is 2. The average molecular weight is 378 g/mol. The highest BCUT2D eigenvalue weighted by Gasteiger charge is 2.52. The van der Waals surface area contributed by atoms with Gasteiger partial charge in [-0.3, -0.25) is 4.79 Å². The molecule has 3 heterocycles. The smallest absolute Gasteiger partial charge is 0.230 e. The van der Waals surface area contributed by atoms with Crippen LogP contribution in [-0.2, 0) is 9.53 Å². The quantitative estimate of drug-likeness (QED) is 0.850. The van der Waals surface area contributed by atoms with Crippen LogP contribution in [0.4, 0.5) is 11.5 Å². The molecule has 2 aliphatic rings. The van der Waals surface area contributed by atoms with Gasteiger partial charge in [-0.1, -0.05) is 23.2 Å². The summed E-state index contributed by atoms with van der Waals surface area (Å²) in [6, 6.07) is 8.78. The number of rotatable bonds is 3. The van der Waals surface area contributed by atoms with Crippen LogP contribution in [-0.4, -0.2) is 23.1 Å². The summed E-state index contributed by atoms with van der Waals surface area (Å²) in [4.78, 5) is 17.0. The van der Waals surface area contributed by atoms with Crippen molar-refractivity contribution in [1.82, 2.24) is 4.98 Å². The molecule has 1 amide bonds. The number of hydrogen-bond donors (Lipinski definition) is 2. The van der Waals surface area contributed by atoms with Crippen molar-refractivity contribution in [3.8, 4) is 0 Å². The second-order valence-electron chi connectivity index (χ2n) is 6.47. The van der Waals surface area contributed by atoms with E-state index in [-0.39, 0.29) is 30.0 Å². The fraction of sp³-hybridized carbons (Fsp3) is 0.333. The summed E-state index contributed by atoms with van der Waals surface area (Å²) in [6.07, 6.45) is 3.48. The van der Waals surface area contributed by atoms with Gasteiger partial charge in [-0.15, -0.1) is 0 Å². The predicted molar refractivity (Wildman–Crippen MR) is 97.9 cm³/mol. The number of benzene rings is 1. The Bertz CT molecular complexity index is 830. The van der Waals surface area contributed by atoms with Gasteiger partial charge in [0.15, 0.2) is 0 Å². The summed E-state index contributed by atoms with van der Waals surface area (Å²) in [5, 5.41) is 3.80. The predicted octanol–water partition coefficient (Wildman–Crippen LogP) is 3.87. The molecular formula is C18H17Cl2N3O2. The van der Waals surface area contributed by atoms with Crippen molar-refractivity contribution >= 4 is 40.6 Å². The Morgan fingerprint density at radius 1 is 1.16 bits per heavy atom. The molecule has 3 N–H and O–H groups in total. The van der Waals surface area contributed by atoms with Crippen molar-refractivity contribution in [1.29, 1.82) is 0 Å². The van der Waals surface area contributed by atoms with Crippen LogP contribution in [0.2, 0.25) is 10.0 Å². The van der Waals surface area contributed by atoms with E-state index >= 15 is 0 Å². The van der Waals surface area contributed by atoms with Crippen molar-refractivity contribution in [2.45, 2.75) is 31.0 Å². The van der Waals surface area contributed by atoms with Gasteiger partial charge in [-0.25, -0.2) is 4.98 Å². The van der Waals surface area contributed by atoms with Crippen LogP contribution in [0.15, 0.2) is 36.5 Å². The number of carbonyl (C=O) groups excluding carboxylic acids is 1. The molecule has 4 atom stereocenters. The number of nitrogens with zero attached hydrogens (tertiary/aromatic N) is 1. The molecule has 2 fully saturated rings. The Hall–Kier alpha value is -1.82. The molecule has 2 bridgehead atoms. The van der Waals surface area contributed by atoms with Crippen LogP contribution in [0.5, 0.6) is 0 Å². The van der Waals surface area contributed by atoms with E-state index in [0.717, 1.165) is 18.4 Å². The highest BCUT2D eigenvalue weighted by Crippen LogP contribution is 2.49. The van der Waals surface area contributed by atoms with Crippen LogP contribution in [0.1, 0.15) is 24.3 Å². The molecular weight excluding hydrogens is 361 g/mol. The van der Waals surface area contributed by atoms with Gasteiger partial charge in [0.25, 0.3) is 0 Å². The molecule has 4 rings (SSSR count). The van der Waals surface area contributed by atoms with E-state index in [0.29, 0.717) is 21.6 Å². The Morgan fingerprint density at radius 3 is 2.72 bits per heavy atom. The minimum atomic E-state index is -0.269. The summed E-state index contributed by atoms with van der Waals surface area (Å²) in [7, 11) is 0. The van der Waals surface area contributed by atoms with Gasteiger partial charge in [0.2, 0.25) is 5.91 Å². The van der Waals surface area contributed by atoms with E-state index in [9.17, 15) is 4.79 Å². The molecule has 0 radical (unpaired) electrons. The first kappa shape index (κ1) is 16.6. The third-order valence-corrected chi connectivity index (χ3v) is 5.69. The van der Waals surface area contributed by atoms with E-state index in [2.05, 4.69) is 10.3 Å².